The van der Waals surface area contributed by atoms with E-state index in [1.807, 2.05) is 6.92 Å². The van der Waals surface area contributed by atoms with Gasteiger partial charge < -0.3 is 15.2 Å². The summed E-state index contributed by atoms with van der Waals surface area (Å²) in [5, 5.41) is 11.5. The molecule has 8 nitrogen and oxygen atoms in total. The predicted molar refractivity (Wildman–Crippen MR) is 89.0 cm³/mol. The van der Waals surface area contributed by atoms with Gasteiger partial charge >= 0.3 is 5.97 Å². The Balaban J connectivity index is 2.73. The molecule has 0 saturated carbocycles. The molecule has 9 heteroatoms. The summed E-state index contributed by atoms with van der Waals surface area (Å²) < 4.78 is 30.9. The Morgan fingerprint density at radius 3 is 2.79 bits per heavy atom. The summed E-state index contributed by atoms with van der Waals surface area (Å²) in [5.41, 5.74) is 0. The summed E-state index contributed by atoms with van der Waals surface area (Å²) in [4.78, 5) is 23.6. The highest BCUT2D eigenvalue weighted by Gasteiger charge is 2.39. The molecule has 1 saturated heterocycles. The molecule has 0 spiro atoms. The fourth-order valence-electron chi connectivity index (χ4n) is 2.49. The highest BCUT2D eigenvalue weighted by molar-refractivity contribution is 7.89. The number of ether oxygens (including phenoxy) is 1. The molecule has 2 atom stereocenters. The maximum Gasteiger partial charge on any atom is 0.328 e. The molecule has 138 valence electrons. The number of sulfonamides is 1. The van der Waals surface area contributed by atoms with Crippen LogP contribution in [0.4, 0.5) is 0 Å². The number of hydrogen-bond acceptors (Lipinski definition) is 5. The first kappa shape index (κ1) is 20.6. The average Bonchev–Trinajstić information content (AvgIpc) is 3.02. The average molecular weight is 362 g/mol. The molecular weight excluding hydrogens is 336 g/mol. The first-order valence-electron chi connectivity index (χ1n) is 8.04. The van der Waals surface area contributed by atoms with Crippen molar-refractivity contribution in [1.82, 2.24) is 9.62 Å². The van der Waals surface area contributed by atoms with Crippen molar-refractivity contribution in [3.05, 3.63) is 12.7 Å². The molecule has 0 bridgehead atoms. The second kappa shape index (κ2) is 9.75. The van der Waals surface area contributed by atoms with Crippen LogP contribution < -0.4 is 5.32 Å². The Kier molecular flexibility index (Phi) is 8.37. The molecule has 0 aromatic rings. The molecule has 1 rings (SSSR count). The zero-order valence-corrected chi connectivity index (χ0v) is 14.8. The first-order valence-corrected chi connectivity index (χ1v) is 9.65. The topological polar surface area (TPSA) is 113 Å². The van der Waals surface area contributed by atoms with Crippen LogP contribution >= 0.6 is 0 Å². The molecule has 1 aliphatic heterocycles. The lowest BCUT2D eigenvalue weighted by atomic mass is 10.2. The van der Waals surface area contributed by atoms with E-state index < -0.39 is 34.0 Å². The molecule has 24 heavy (non-hydrogen) atoms. The van der Waals surface area contributed by atoms with E-state index in [-0.39, 0.29) is 25.5 Å². The predicted octanol–water partition coefficient (Wildman–Crippen LogP) is 0.353. The maximum atomic E-state index is 12.4. The molecule has 0 radical (unpaired) electrons. The highest BCUT2D eigenvalue weighted by atomic mass is 32.2. The summed E-state index contributed by atoms with van der Waals surface area (Å²) in [6.07, 6.45) is 3.71. The standard InChI is InChI=1S/C15H26N2O6S/c1-3-5-10-24(21,22)17-8-6-7-13(17)14(18)16-12(15(19)20)11-23-9-4-2/h4,12-13H,2-3,5-11H2,1H3,(H,16,18)(H,19,20). The van der Waals surface area contributed by atoms with Gasteiger partial charge in [-0.3, -0.25) is 4.79 Å². The number of unbranched alkanes of at least 4 members (excludes halogenated alkanes) is 1. The summed E-state index contributed by atoms with van der Waals surface area (Å²) in [6.45, 7) is 5.60. The number of nitrogens with zero attached hydrogens (tertiary/aromatic N) is 1. The van der Waals surface area contributed by atoms with Crippen molar-refractivity contribution in [2.45, 2.75) is 44.7 Å². The van der Waals surface area contributed by atoms with Crippen molar-refractivity contribution in [3.8, 4) is 0 Å². The zero-order valence-electron chi connectivity index (χ0n) is 13.9. The van der Waals surface area contributed by atoms with Gasteiger partial charge in [-0.05, 0) is 19.3 Å². The third-order valence-electron chi connectivity index (χ3n) is 3.75. The van der Waals surface area contributed by atoms with Crippen LogP contribution in [-0.2, 0) is 24.3 Å². The number of aliphatic carboxylic acids is 1. The van der Waals surface area contributed by atoms with Gasteiger partial charge in [-0.2, -0.15) is 4.31 Å². The molecule has 0 aromatic carbocycles. The number of carbonyl (C=O) groups is 2. The van der Waals surface area contributed by atoms with Crippen LogP contribution in [0.3, 0.4) is 0 Å². The van der Waals surface area contributed by atoms with Crippen LogP contribution in [0.15, 0.2) is 12.7 Å². The second-order valence-electron chi connectivity index (χ2n) is 5.66. The number of carboxylic acids is 1. The number of amides is 1. The number of nitrogens with one attached hydrogen (secondary N) is 1. The van der Waals surface area contributed by atoms with E-state index in [2.05, 4.69) is 11.9 Å². The van der Waals surface area contributed by atoms with E-state index in [1.54, 1.807) is 0 Å². The van der Waals surface area contributed by atoms with Gasteiger partial charge in [0, 0.05) is 6.54 Å². The van der Waals surface area contributed by atoms with Crippen molar-refractivity contribution in [1.29, 1.82) is 0 Å². The van der Waals surface area contributed by atoms with Crippen LogP contribution in [0.2, 0.25) is 0 Å². The van der Waals surface area contributed by atoms with Gasteiger partial charge in [0.15, 0.2) is 6.04 Å². The molecule has 1 fully saturated rings. The summed E-state index contributed by atoms with van der Waals surface area (Å²) >= 11 is 0. The molecule has 2 unspecified atom stereocenters. The van der Waals surface area contributed by atoms with Gasteiger partial charge in [0.1, 0.15) is 6.04 Å². The van der Waals surface area contributed by atoms with Crippen molar-refractivity contribution in [2.24, 2.45) is 0 Å². The largest absolute Gasteiger partial charge is 0.480 e. The normalized spacial score (nSPS) is 19.8. The summed E-state index contributed by atoms with van der Waals surface area (Å²) in [5.74, 6) is -1.83. The Labute approximate surface area is 142 Å². The lowest BCUT2D eigenvalue weighted by molar-refractivity contribution is -0.144. The third-order valence-corrected chi connectivity index (χ3v) is 5.71. The van der Waals surface area contributed by atoms with E-state index in [1.165, 1.54) is 10.4 Å². The van der Waals surface area contributed by atoms with E-state index >= 15 is 0 Å². The van der Waals surface area contributed by atoms with Crippen molar-refractivity contribution in [2.75, 3.05) is 25.5 Å². The van der Waals surface area contributed by atoms with Crippen molar-refractivity contribution < 1.29 is 27.9 Å². The van der Waals surface area contributed by atoms with Crippen LogP contribution in [-0.4, -0.2) is 67.3 Å². The van der Waals surface area contributed by atoms with Crippen LogP contribution in [0.1, 0.15) is 32.6 Å². The van der Waals surface area contributed by atoms with Gasteiger partial charge in [-0.15, -0.1) is 6.58 Å². The van der Waals surface area contributed by atoms with E-state index in [0.29, 0.717) is 19.3 Å². The molecule has 0 aromatic heterocycles. The van der Waals surface area contributed by atoms with E-state index in [9.17, 15) is 18.0 Å². The zero-order chi connectivity index (χ0) is 18.2. The quantitative estimate of drug-likeness (QED) is 0.405. The van der Waals surface area contributed by atoms with E-state index in [0.717, 1.165) is 6.42 Å². The lowest BCUT2D eigenvalue weighted by Gasteiger charge is -2.24. The SMILES string of the molecule is C=CCOCC(NC(=O)C1CCCN1S(=O)(=O)CCCC)C(=O)O. The van der Waals surface area contributed by atoms with Gasteiger partial charge in [0.2, 0.25) is 15.9 Å². The molecule has 1 heterocycles. The lowest BCUT2D eigenvalue weighted by Crippen LogP contribution is -2.52. The maximum absolute atomic E-state index is 12.4. The fourth-order valence-corrected chi connectivity index (χ4v) is 4.38. The van der Waals surface area contributed by atoms with Crippen molar-refractivity contribution >= 4 is 21.9 Å². The summed E-state index contributed by atoms with van der Waals surface area (Å²) in [7, 11) is -3.51. The minimum Gasteiger partial charge on any atom is -0.480 e. The Bertz CT molecular complexity index is 548. The Morgan fingerprint density at radius 1 is 1.50 bits per heavy atom. The minimum absolute atomic E-state index is 0.00190. The van der Waals surface area contributed by atoms with Crippen LogP contribution in [0.5, 0.6) is 0 Å². The highest BCUT2D eigenvalue weighted by Crippen LogP contribution is 2.22. The van der Waals surface area contributed by atoms with Gasteiger partial charge in [0.25, 0.3) is 0 Å². The number of carbonyl (C=O) groups excluding carboxylic acids is 1. The number of carboxylic acid groups (broad SMARTS) is 1. The third kappa shape index (κ3) is 5.88. The monoisotopic (exact) mass is 362 g/mol. The first-order chi connectivity index (χ1) is 11.3. The van der Waals surface area contributed by atoms with Gasteiger partial charge in [0.05, 0.1) is 19.0 Å². The van der Waals surface area contributed by atoms with Crippen LogP contribution in [0.25, 0.3) is 0 Å². The van der Waals surface area contributed by atoms with Gasteiger partial charge in [-0.1, -0.05) is 19.4 Å². The van der Waals surface area contributed by atoms with E-state index in [4.69, 9.17) is 9.84 Å². The molecular formula is C15H26N2O6S. The molecule has 1 amide bonds. The molecule has 1 aliphatic rings. The second-order valence-corrected chi connectivity index (χ2v) is 7.70. The Morgan fingerprint density at radius 2 is 2.21 bits per heavy atom. The number of rotatable bonds is 11. The molecule has 2 N–H and O–H groups in total. The van der Waals surface area contributed by atoms with Crippen LogP contribution in [0, 0.1) is 0 Å². The van der Waals surface area contributed by atoms with Gasteiger partial charge in [-0.25, -0.2) is 13.2 Å². The minimum atomic E-state index is -3.51. The Hall–Kier alpha value is -1.45. The van der Waals surface area contributed by atoms with Crippen molar-refractivity contribution in [3.63, 3.8) is 0 Å². The number of hydrogen-bond donors (Lipinski definition) is 2. The smallest absolute Gasteiger partial charge is 0.328 e. The summed E-state index contributed by atoms with van der Waals surface area (Å²) in [6, 6.07) is -2.08. The molecule has 0 aliphatic carbocycles. The fraction of sp³-hybridized carbons (Fsp3) is 0.733.